The van der Waals surface area contributed by atoms with E-state index in [0.717, 1.165) is 6.21 Å². The quantitative estimate of drug-likeness (QED) is 0.762. The van der Waals surface area contributed by atoms with Crippen molar-refractivity contribution in [1.29, 1.82) is 5.41 Å². The highest BCUT2D eigenvalue weighted by Gasteiger charge is 2.35. The van der Waals surface area contributed by atoms with E-state index in [2.05, 4.69) is 0 Å². The van der Waals surface area contributed by atoms with Gasteiger partial charge in [-0.05, 0) is 38.0 Å². The van der Waals surface area contributed by atoms with Crippen LogP contribution in [0.25, 0.3) is 5.57 Å². The zero-order chi connectivity index (χ0) is 20.3. The molecule has 2 aromatic carbocycles. The van der Waals surface area contributed by atoms with Gasteiger partial charge in [-0.2, -0.15) is 0 Å². The van der Waals surface area contributed by atoms with Gasteiger partial charge < -0.3 is 20.6 Å². The number of nitrogens with one attached hydrogen (secondary N) is 1. The van der Waals surface area contributed by atoms with E-state index in [1.807, 2.05) is 25.1 Å². The first-order chi connectivity index (χ1) is 13.5. The Morgan fingerprint density at radius 1 is 1.36 bits per heavy atom. The maximum Gasteiger partial charge on any atom is 0.414 e. The van der Waals surface area contributed by atoms with Crippen LogP contribution in [-0.2, 0) is 11.2 Å². The Labute approximate surface area is 162 Å². The molecule has 1 amide bonds. The van der Waals surface area contributed by atoms with E-state index in [0.29, 0.717) is 41.0 Å². The summed E-state index contributed by atoms with van der Waals surface area (Å²) in [5.41, 5.74) is 7.01. The van der Waals surface area contributed by atoms with E-state index in [1.165, 1.54) is 24.3 Å². The van der Waals surface area contributed by atoms with E-state index in [1.54, 1.807) is 12.1 Å². The molecule has 0 saturated carbocycles. The third-order valence-electron chi connectivity index (χ3n) is 4.78. The maximum atomic E-state index is 15.2. The molecule has 0 radical (unpaired) electrons. The van der Waals surface area contributed by atoms with Crippen LogP contribution in [0.2, 0.25) is 0 Å². The number of nitrogens with two attached hydrogens (primary N) is 1. The van der Waals surface area contributed by atoms with Crippen molar-refractivity contribution in [1.82, 2.24) is 0 Å². The summed E-state index contributed by atoms with van der Waals surface area (Å²) in [6.45, 7) is 1.84. The molecule has 1 atom stereocenters. The number of rotatable bonds is 4. The average molecular weight is 383 g/mol. The molecular formula is C21H22FN3O3. The molecule has 0 spiro atoms. The first-order valence-corrected chi connectivity index (χ1v) is 8.90. The van der Waals surface area contributed by atoms with Gasteiger partial charge in [-0.15, -0.1) is 0 Å². The molecule has 2 aromatic rings. The van der Waals surface area contributed by atoms with Crippen LogP contribution >= 0.6 is 0 Å². The van der Waals surface area contributed by atoms with Crippen LogP contribution in [0, 0.1) is 11.2 Å². The molecular weight excluding hydrogens is 361 g/mol. The van der Waals surface area contributed by atoms with Gasteiger partial charge in [-0.3, -0.25) is 4.90 Å². The van der Waals surface area contributed by atoms with Gasteiger partial charge in [0.1, 0.15) is 17.3 Å². The number of para-hydroxylation sites is 1. The molecule has 1 aliphatic heterocycles. The molecule has 0 bridgehead atoms. The molecule has 0 aliphatic carbocycles. The molecule has 3 N–H and O–H groups in total. The highest BCUT2D eigenvalue weighted by atomic mass is 19.1. The number of allylic oxidation sites excluding steroid dienone is 1. The van der Waals surface area contributed by atoms with Crippen LogP contribution in [0.1, 0.15) is 24.5 Å². The summed E-state index contributed by atoms with van der Waals surface area (Å²) in [4.78, 5) is 13.6. The fourth-order valence-electron chi connectivity index (χ4n) is 3.39. The fourth-order valence-corrected chi connectivity index (χ4v) is 3.39. The lowest BCUT2D eigenvalue weighted by Crippen LogP contribution is -2.42. The van der Waals surface area contributed by atoms with Gasteiger partial charge in [0.05, 0.1) is 12.8 Å². The molecule has 6 nitrogen and oxygen atoms in total. The summed E-state index contributed by atoms with van der Waals surface area (Å²) in [6.07, 6.45) is 2.76. The number of benzene rings is 2. The number of carbonyl (C=O) groups is 1. The van der Waals surface area contributed by atoms with Crippen molar-refractivity contribution in [3.05, 3.63) is 59.5 Å². The standard InChI is InChI=1S/C21H22FN3O3/c1-13-8-9-16-19(25(13)21(26)27-2)18(22)10-17(14(11-23)12-24)20(16)28-15-6-4-3-5-7-15/h3-7,10-13,23H,8-9,24H2,1-2H3/b14-12+,23-11?. The number of ether oxygens (including phenoxy) is 2. The fraction of sp³-hybridized carbons (Fsp3) is 0.238. The van der Waals surface area contributed by atoms with Gasteiger partial charge in [0.2, 0.25) is 0 Å². The van der Waals surface area contributed by atoms with E-state index in [-0.39, 0.29) is 11.7 Å². The van der Waals surface area contributed by atoms with Crippen molar-refractivity contribution in [2.45, 2.75) is 25.8 Å². The first-order valence-electron chi connectivity index (χ1n) is 8.90. The molecule has 7 heteroatoms. The minimum atomic E-state index is -0.632. The normalized spacial score (nSPS) is 16.3. The van der Waals surface area contributed by atoms with Gasteiger partial charge >= 0.3 is 6.09 Å². The van der Waals surface area contributed by atoms with Gasteiger partial charge in [-0.25, -0.2) is 9.18 Å². The Morgan fingerprint density at radius 3 is 2.68 bits per heavy atom. The summed E-state index contributed by atoms with van der Waals surface area (Å²) in [6, 6.07) is 10.1. The van der Waals surface area contributed by atoms with Crippen molar-refractivity contribution < 1.29 is 18.7 Å². The number of carbonyl (C=O) groups excluding carboxylic acids is 1. The number of fused-ring (bicyclic) bond motifs is 1. The van der Waals surface area contributed by atoms with Gasteiger partial charge in [0, 0.05) is 35.2 Å². The Kier molecular flexibility index (Phi) is 5.63. The largest absolute Gasteiger partial charge is 0.456 e. The van der Waals surface area contributed by atoms with Crippen molar-refractivity contribution in [3.63, 3.8) is 0 Å². The van der Waals surface area contributed by atoms with Gasteiger partial charge in [0.25, 0.3) is 0 Å². The van der Waals surface area contributed by atoms with Crippen LogP contribution in [-0.4, -0.2) is 25.5 Å². The predicted octanol–water partition coefficient (Wildman–Crippen LogP) is 4.47. The lowest BCUT2D eigenvalue weighted by Gasteiger charge is -2.35. The summed E-state index contributed by atoms with van der Waals surface area (Å²) in [5, 5.41) is 7.62. The Balaban J connectivity index is 2.26. The van der Waals surface area contributed by atoms with E-state index >= 15 is 4.39 Å². The van der Waals surface area contributed by atoms with Crippen LogP contribution in [0.3, 0.4) is 0 Å². The second-order valence-corrected chi connectivity index (χ2v) is 6.47. The van der Waals surface area contributed by atoms with E-state index in [4.69, 9.17) is 20.6 Å². The van der Waals surface area contributed by atoms with Crippen molar-refractivity contribution >= 4 is 23.6 Å². The second-order valence-electron chi connectivity index (χ2n) is 6.47. The molecule has 1 aliphatic rings. The summed E-state index contributed by atoms with van der Waals surface area (Å²) < 4.78 is 26.1. The molecule has 146 valence electrons. The third kappa shape index (κ3) is 3.43. The lowest BCUT2D eigenvalue weighted by atomic mass is 9.91. The predicted molar refractivity (Wildman–Crippen MR) is 107 cm³/mol. The number of hydrogen-bond donors (Lipinski definition) is 2. The maximum absolute atomic E-state index is 15.2. The average Bonchev–Trinajstić information content (AvgIpc) is 2.71. The van der Waals surface area contributed by atoms with Crippen molar-refractivity contribution in [2.24, 2.45) is 5.73 Å². The second kappa shape index (κ2) is 8.12. The number of nitrogens with zero attached hydrogens (tertiary/aromatic N) is 1. The molecule has 0 aromatic heterocycles. The summed E-state index contributed by atoms with van der Waals surface area (Å²) in [7, 11) is 1.27. The number of halogens is 1. The smallest absolute Gasteiger partial charge is 0.414 e. The highest BCUT2D eigenvalue weighted by molar-refractivity contribution is 6.10. The first kappa shape index (κ1) is 19.4. The Bertz CT molecular complexity index is 928. The van der Waals surface area contributed by atoms with E-state index < -0.39 is 11.9 Å². The Hall–Kier alpha value is -3.35. The monoisotopic (exact) mass is 383 g/mol. The molecule has 0 saturated heterocycles. The highest BCUT2D eigenvalue weighted by Crippen LogP contribution is 2.44. The number of hydrogen-bond acceptors (Lipinski definition) is 5. The van der Waals surface area contributed by atoms with Crippen molar-refractivity contribution in [2.75, 3.05) is 12.0 Å². The summed E-state index contributed by atoms with van der Waals surface area (Å²) in [5.74, 6) is 0.342. The van der Waals surface area contributed by atoms with Gasteiger partial charge in [-0.1, -0.05) is 18.2 Å². The van der Waals surface area contributed by atoms with Crippen LogP contribution in [0.5, 0.6) is 11.5 Å². The third-order valence-corrected chi connectivity index (χ3v) is 4.78. The molecule has 0 fully saturated rings. The topological polar surface area (TPSA) is 88.6 Å². The van der Waals surface area contributed by atoms with E-state index in [9.17, 15) is 4.79 Å². The number of amides is 1. The molecule has 1 unspecified atom stereocenters. The molecule has 28 heavy (non-hydrogen) atoms. The van der Waals surface area contributed by atoms with Crippen LogP contribution < -0.4 is 15.4 Å². The minimum absolute atomic E-state index is 0.140. The van der Waals surface area contributed by atoms with Gasteiger partial charge in [0.15, 0.2) is 0 Å². The van der Waals surface area contributed by atoms with Crippen LogP contribution in [0.15, 0.2) is 42.6 Å². The minimum Gasteiger partial charge on any atom is -0.456 e. The number of methoxy groups -OCH3 is 1. The van der Waals surface area contributed by atoms with Crippen molar-refractivity contribution in [3.8, 4) is 11.5 Å². The SMILES string of the molecule is COC(=O)N1c2c(F)cc(/C(C=N)=C/N)c(Oc3ccccc3)c2CCC1C. The lowest BCUT2D eigenvalue weighted by molar-refractivity contribution is 0.175. The number of anilines is 1. The zero-order valence-electron chi connectivity index (χ0n) is 15.7. The summed E-state index contributed by atoms with van der Waals surface area (Å²) >= 11 is 0. The molecule has 3 rings (SSSR count). The van der Waals surface area contributed by atoms with Crippen LogP contribution in [0.4, 0.5) is 14.9 Å². The zero-order valence-corrected chi connectivity index (χ0v) is 15.7. The Morgan fingerprint density at radius 2 is 2.07 bits per heavy atom. The molecule has 1 heterocycles.